The van der Waals surface area contributed by atoms with Gasteiger partial charge in [0, 0.05) is 0 Å². The third-order valence-corrected chi connectivity index (χ3v) is 1.19. The first-order chi connectivity index (χ1) is 3.91. The van der Waals surface area contributed by atoms with E-state index in [1.807, 2.05) is 0 Å². The Balaban J connectivity index is 0. The molecular weight excluding hydrogens is 172 g/mol. The van der Waals surface area contributed by atoms with Crippen molar-refractivity contribution in [2.75, 3.05) is 6.54 Å². The zero-order chi connectivity index (χ0) is 7.91. The molecule has 0 aliphatic carbocycles. The molecule has 0 aliphatic heterocycles. The summed E-state index contributed by atoms with van der Waals surface area (Å²) in [6.45, 7) is 0.903. The number of hydrogen-bond acceptors (Lipinski definition) is 2. The maximum absolute atomic E-state index is 8.88. The molecule has 0 saturated heterocycles. The van der Waals surface area contributed by atoms with Crippen molar-refractivity contribution in [3.8, 4) is 0 Å². The molecule has 9 heavy (non-hydrogen) atoms. The van der Waals surface area contributed by atoms with Gasteiger partial charge in [0.25, 0.3) is 0 Å². The smallest absolute Gasteiger partial charge is 0.303 e. The molecule has 0 amide bonds. The Labute approximate surface area is 87.5 Å². The summed E-state index contributed by atoms with van der Waals surface area (Å²) < 4.78 is 10.2. The normalized spacial score (nSPS) is 10.0. The van der Waals surface area contributed by atoms with Gasteiger partial charge in [-0.05, 0) is 0 Å². The van der Waals surface area contributed by atoms with E-state index in [2.05, 4.69) is 0 Å². The Bertz CT molecular complexity index is 82.3. The topological polar surface area (TPSA) is 104 Å². The molecule has 0 fully saturated rings. The van der Waals surface area contributed by atoms with Gasteiger partial charge in [0.1, 0.15) is 0 Å². The number of phosphoric acid groups is 1. The average Bonchev–Trinajstić information content (AvgIpc) is 1.61. The van der Waals surface area contributed by atoms with Crippen LogP contribution >= 0.6 is 7.82 Å². The van der Waals surface area contributed by atoms with Crippen LogP contribution in [0, 0.1) is 0 Å². The van der Waals surface area contributed by atoms with Gasteiger partial charge < -0.3 is 14.7 Å². The van der Waals surface area contributed by atoms with Crippen LogP contribution in [0.2, 0.25) is 0.515 Å². The molecule has 0 bridgehead atoms. The largest absolute Gasteiger partial charge is 0.466 e. The summed E-state index contributed by atoms with van der Waals surface area (Å²) in [6, 6.07) is 0. The van der Waals surface area contributed by atoms with Crippen molar-refractivity contribution < 1.29 is 19.2 Å². The van der Waals surface area contributed by atoms with Crippen LogP contribution in [0.5, 0.6) is 0 Å². The predicted octanol–water partition coefficient (Wildman–Crippen LogP) is -1.40. The van der Waals surface area contributed by atoms with Gasteiger partial charge in [0.15, 0.2) is 0 Å². The van der Waals surface area contributed by atoms with E-state index in [1.165, 1.54) is 0.515 Å². The van der Waals surface area contributed by atoms with Crippen LogP contribution in [0.3, 0.4) is 0 Å². The van der Waals surface area contributed by atoms with E-state index in [9.17, 15) is 0 Å². The van der Waals surface area contributed by atoms with Crippen LogP contribution in [0.25, 0.3) is 0 Å². The predicted molar refractivity (Wildman–Crippen MR) is 33.9 cm³/mol. The van der Waals surface area contributed by atoms with Crippen LogP contribution in [0.15, 0.2) is 0 Å². The zero-order valence-corrected chi connectivity index (χ0v) is 9.21. The average molecular weight is 181 g/mol. The van der Waals surface area contributed by atoms with Gasteiger partial charge in [-0.25, -0.2) is 4.57 Å². The number of nitrogens with two attached hydrogens (primary N) is 1. The molecule has 0 spiro atoms. The molecule has 5 nitrogen and oxygen atoms in total. The van der Waals surface area contributed by atoms with Gasteiger partial charge >= 0.3 is 69.6 Å². The molecule has 52 valence electrons. The van der Waals surface area contributed by atoms with Crippen molar-refractivity contribution in [1.82, 2.24) is 0 Å². The molecule has 0 aliphatic rings. The minimum absolute atomic E-state index is 0.903. The SMILES string of the molecule is NC[CH2][K].O=P(O)(O)O. The monoisotopic (exact) mass is 181 g/mol. The molecule has 0 atom stereocenters. The Hall–Kier alpha value is 1.71. The van der Waals surface area contributed by atoms with Gasteiger partial charge in [-0.2, -0.15) is 0 Å². The third-order valence-electron chi connectivity index (χ3n) is 0.289. The van der Waals surface area contributed by atoms with E-state index in [0.29, 0.717) is 0 Å². The van der Waals surface area contributed by atoms with Crippen LogP contribution in [0.4, 0.5) is 0 Å². The molecule has 0 radical (unpaired) electrons. The Morgan fingerprint density at radius 3 is 1.56 bits per heavy atom. The van der Waals surface area contributed by atoms with E-state index < -0.39 is 7.82 Å². The van der Waals surface area contributed by atoms with Gasteiger partial charge in [0.2, 0.25) is 0 Å². The minimum atomic E-state index is -4.64. The van der Waals surface area contributed by atoms with Gasteiger partial charge in [-0.1, -0.05) is 0 Å². The molecule has 0 heterocycles. The summed E-state index contributed by atoms with van der Waals surface area (Å²) in [5.41, 5.74) is 5.07. The van der Waals surface area contributed by atoms with Crippen LogP contribution < -0.4 is 5.73 Å². The van der Waals surface area contributed by atoms with Crippen molar-refractivity contribution >= 4 is 56.8 Å². The fourth-order valence-corrected chi connectivity index (χ4v) is 0. The van der Waals surface area contributed by atoms with E-state index in [0.717, 1.165) is 55.5 Å². The summed E-state index contributed by atoms with van der Waals surface area (Å²) in [6.07, 6.45) is 0. The van der Waals surface area contributed by atoms with Gasteiger partial charge in [-0.15, -0.1) is 0 Å². The number of hydrogen-bond donors (Lipinski definition) is 4. The summed E-state index contributed by atoms with van der Waals surface area (Å²) in [5.74, 6) is 0. The first kappa shape index (κ1) is 13.3. The maximum Gasteiger partial charge on any atom is 0.466 e. The maximum atomic E-state index is 8.88. The molecule has 0 aromatic carbocycles. The van der Waals surface area contributed by atoms with Crippen LogP contribution in [-0.4, -0.2) is 70.2 Å². The van der Waals surface area contributed by atoms with Crippen molar-refractivity contribution in [3.05, 3.63) is 0 Å². The van der Waals surface area contributed by atoms with E-state index >= 15 is 0 Å². The summed E-state index contributed by atoms with van der Waals surface area (Å²) in [4.78, 5) is 21.6. The Kier molecular flexibility index (Phi) is 11.5. The molecule has 0 saturated carbocycles. The zero-order valence-electron chi connectivity index (χ0n) is 5.19. The summed E-state index contributed by atoms with van der Waals surface area (Å²) >= 11 is 0.988. The van der Waals surface area contributed by atoms with Gasteiger partial charge in [-0.3, -0.25) is 0 Å². The van der Waals surface area contributed by atoms with Crippen molar-refractivity contribution in [1.29, 1.82) is 0 Å². The van der Waals surface area contributed by atoms with Crippen molar-refractivity contribution in [3.63, 3.8) is 0 Å². The minimum Gasteiger partial charge on any atom is -0.303 e. The standard InChI is InChI=1S/C2H6N.K.H3O4P/c1-2-3;;1-5(2,3)4/h1-3H2;;(H3,1,2,3,4). The first-order valence-electron chi connectivity index (χ1n) is 2.40. The third kappa shape index (κ3) is 78.7. The quantitative estimate of drug-likeness (QED) is 0.294. The van der Waals surface area contributed by atoms with Crippen LogP contribution in [0.1, 0.15) is 0 Å². The molecule has 5 N–H and O–H groups in total. The molecule has 0 unspecified atom stereocenters. The van der Waals surface area contributed by atoms with Gasteiger partial charge in [0.05, 0.1) is 0 Å². The molecule has 0 rings (SSSR count). The molecular formula is C2H9KNO4P. The second-order valence-corrected chi connectivity index (χ2v) is 3.89. The van der Waals surface area contributed by atoms with Crippen LogP contribution in [-0.2, 0) is 4.57 Å². The fourth-order valence-electron chi connectivity index (χ4n) is 0. The molecule has 0 aromatic rings. The first-order valence-corrected chi connectivity index (χ1v) is 6.17. The molecule has 7 heteroatoms. The van der Waals surface area contributed by atoms with E-state index in [-0.39, 0.29) is 0 Å². The second-order valence-electron chi connectivity index (χ2n) is 1.30. The summed E-state index contributed by atoms with van der Waals surface area (Å²) in [5, 5.41) is 0. The second kappa shape index (κ2) is 7.81. The summed E-state index contributed by atoms with van der Waals surface area (Å²) in [7, 11) is -4.64. The Morgan fingerprint density at radius 1 is 1.44 bits per heavy atom. The van der Waals surface area contributed by atoms with Crippen molar-refractivity contribution in [2.45, 2.75) is 0.515 Å². The molecule has 0 aromatic heterocycles. The van der Waals surface area contributed by atoms with E-state index in [4.69, 9.17) is 25.0 Å². The Morgan fingerprint density at radius 2 is 1.56 bits per heavy atom. The van der Waals surface area contributed by atoms with E-state index in [1.54, 1.807) is 0 Å². The number of rotatable bonds is 1. The fraction of sp³-hybridized carbons (Fsp3) is 1.00. The van der Waals surface area contributed by atoms with Crippen molar-refractivity contribution in [2.24, 2.45) is 5.73 Å².